The van der Waals surface area contributed by atoms with Gasteiger partial charge in [0.2, 0.25) is 0 Å². The highest BCUT2D eigenvalue weighted by molar-refractivity contribution is 5.70. The van der Waals surface area contributed by atoms with Gasteiger partial charge in [0.05, 0.1) is 6.42 Å². The predicted molar refractivity (Wildman–Crippen MR) is 59.1 cm³/mol. The first kappa shape index (κ1) is 9.77. The summed E-state index contributed by atoms with van der Waals surface area (Å²) in [6.45, 7) is 1.89. The third kappa shape index (κ3) is 2.37. The molecule has 0 radical (unpaired) electrons. The smallest absolute Gasteiger partial charge is 0.307 e. The SMILES string of the molecule is O=C(O)Cc1ccc(N2CC=CC2)cc1. The quantitative estimate of drug-likeness (QED) is 0.760. The van der Waals surface area contributed by atoms with Crippen LogP contribution in [0.4, 0.5) is 5.69 Å². The molecule has 1 aromatic carbocycles. The summed E-state index contributed by atoms with van der Waals surface area (Å²) < 4.78 is 0. The highest BCUT2D eigenvalue weighted by Gasteiger charge is 2.07. The minimum Gasteiger partial charge on any atom is -0.481 e. The van der Waals surface area contributed by atoms with E-state index in [4.69, 9.17) is 5.11 Å². The Morgan fingerprint density at radius 2 is 1.80 bits per heavy atom. The first-order valence-electron chi connectivity index (χ1n) is 4.96. The third-order valence-electron chi connectivity index (χ3n) is 2.48. The van der Waals surface area contributed by atoms with Gasteiger partial charge in [0.1, 0.15) is 0 Å². The first-order valence-corrected chi connectivity index (χ1v) is 4.96. The molecule has 0 amide bonds. The molecule has 0 saturated carbocycles. The Morgan fingerprint density at radius 1 is 1.20 bits per heavy atom. The van der Waals surface area contributed by atoms with Crippen molar-refractivity contribution in [2.45, 2.75) is 6.42 Å². The van der Waals surface area contributed by atoms with E-state index in [0.717, 1.165) is 24.3 Å². The molecular formula is C12H13NO2. The molecule has 0 fully saturated rings. The molecule has 0 unspecified atom stereocenters. The van der Waals surface area contributed by atoms with Crippen LogP contribution in [0.3, 0.4) is 0 Å². The number of carboxylic acid groups (broad SMARTS) is 1. The fourth-order valence-electron chi connectivity index (χ4n) is 1.69. The molecule has 1 aromatic rings. The number of anilines is 1. The van der Waals surface area contributed by atoms with E-state index < -0.39 is 5.97 Å². The van der Waals surface area contributed by atoms with Gasteiger partial charge in [-0.2, -0.15) is 0 Å². The number of nitrogens with zero attached hydrogens (tertiary/aromatic N) is 1. The molecule has 1 aliphatic rings. The summed E-state index contributed by atoms with van der Waals surface area (Å²) in [5.74, 6) is -0.786. The van der Waals surface area contributed by atoms with Crippen molar-refractivity contribution in [1.29, 1.82) is 0 Å². The summed E-state index contributed by atoms with van der Waals surface area (Å²) in [6.07, 6.45) is 4.36. The van der Waals surface area contributed by atoms with Gasteiger partial charge in [-0.05, 0) is 17.7 Å². The Hall–Kier alpha value is -1.77. The maximum Gasteiger partial charge on any atom is 0.307 e. The molecule has 78 valence electrons. The summed E-state index contributed by atoms with van der Waals surface area (Å²) in [5.41, 5.74) is 1.99. The standard InChI is InChI=1S/C12H13NO2/c14-12(15)9-10-3-5-11(6-4-10)13-7-1-2-8-13/h1-6H,7-9H2,(H,14,15). The fraction of sp³-hybridized carbons (Fsp3) is 0.250. The Labute approximate surface area is 88.6 Å². The number of rotatable bonds is 3. The normalized spacial score (nSPS) is 14.5. The molecule has 0 aromatic heterocycles. The van der Waals surface area contributed by atoms with E-state index in [-0.39, 0.29) is 6.42 Å². The van der Waals surface area contributed by atoms with E-state index in [1.807, 2.05) is 24.3 Å². The van der Waals surface area contributed by atoms with Crippen LogP contribution in [-0.4, -0.2) is 24.2 Å². The zero-order valence-corrected chi connectivity index (χ0v) is 8.39. The summed E-state index contributed by atoms with van der Waals surface area (Å²) in [4.78, 5) is 12.7. The number of hydrogen-bond donors (Lipinski definition) is 1. The lowest BCUT2D eigenvalue weighted by atomic mass is 10.1. The summed E-state index contributed by atoms with van der Waals surface area (Å²) in [7, 11) is 0. The van der Waals surface area contributed by atoms with Crippen LogP contribution >= 0.6 is 0 Å². The molecule has 3 nitrogen and oxygen atoms in total. The molecule has 1 N–H and O–H groups in total. The van der Waals surface area contributed by atoms with E-state index in [0.29, 0.717) is 0 Å². The Balaban J connectivity index is 2.06. The maximum absolute atomic E-state index is 10.5. The second-order valence-electron chi connectivity index (χ2n) is 3.61. The second-order valence-corrected chi connectivity index (χ2v) is 3.61. The van der Waals surface area contributed by atoms with E-state index in [1.54, 1.807) is 0 Å². The predicted octanol–water partition coefficient (Wildman–Crippen LogP) is 1.69. The number of aliphatic carboxylic acids is 1. The third-order valence-corrected chi connectivity index (χ3v) is 2.48. The molecule has 15 heavy (non-hydrogen) atoms. The Bertz CT molecular complexity index is 373. The van der Waals surface area contributed by atoms with Gasteiger partial charge in [-0.1, -0.05) is 24.3 Å². The maximum atomic E-state index is 10.5. The zero-order valence-electron chi connectivity index (χ0n) is 8.39. The zero-order chi connectivity index (χ0) is 10.7. The number of carboxylic acids is 1. The van der Waals surface area contributed by atoms with Crippen LogP contribution in [0, 0.1) is 0 Å². The lowest BCUT2D eigenvalue weighted by molar-refractivity contribution is -0.136. The molecule has 1 aliphatic heterocycles. The summed E-state index contributed by atoms with van der Waals surface area (Å²) >= 11 is 0. The largest absolute Gasteiger partial charge is 0.481 e. The van der Waals surface area contributed by atoms with E-state index in [2.05, 4.69) is 17.1 Å². The van der Waals surface area contributed by atoms with Gasteiger partial charge in [0.25, 0.3) is 0 Å². The van der Waals surface area contributed by atoms with Gasteiger partial charge in [-0.15, -0.1) is 0 Å². The second kappa shape index (κ2) is 4.17. The van der Waals surface area contributed by atoms with Gasteiger partial charge < -0.3 is 10.0 Å². The average Bonchev–Trinajstić information content (AvgIpc) is 2.71. The van der Waals surface area contributed by atoms with Gasteiger partial charge in [-0.25, -0.2) is 0 Å². The van der Waals surface area contributed by atoms with Crippen LogP contribution in [0.2, 0.25) is 0 Å². The molecule has 0 aliphatic carbocycles. The molecule has 0 saturated heterocycles. The van der Waals surface area contributed by atoms with Gasteiger partial charge in [0.15, 0.2) is 0 Å². The van der Waals surface area contributed by atoms with Crippen LogP contribution in [-0.2, 0) is 11.2 Å². The van der Waals surface area contributed by atoms with Crippen LogP contribution in [0.15, 0.2) is 36.4 Å². The van der Waals surface area contributed by atoms with E-state index in [1.165, 1.54) is 0 Å². The topological polar surface area (TPSA) is 40.5 Å². The number of hydrogen-bond acceptors (Lipinski definition) is 2. The first-order chi connectivity index (χ1) is 7.25. The van der Waals surface area contributed by atoms with E-state index >= 15 is 0 Å². The molecule has 1 heterocycles. The Kier molecular flexibility index (Phi) is 2.72. The minimum atomic E-state index is -0.786. The molecule has 3 heteroatoms. The van der Waals surface area contributed by atoms with Crippen molar-refractivity contribution in [2.75, 3.05) is 18.0 Å². The summed E-state index contributed by atoms with van der Waals surface area (Å²) in [5, 5.41) is 8.63. The van der Waals surface area contributed by atoms with Crippen molar-refractivity contribution in [2.24, 2.45) is 0 Å². The lowest BCUT2D eigenvalue weighted by Gasteiger charge is -2.17. The van der Waals surface area contributed by atoms with E-state index in [9.17, 15) is 4.79 Å². The van der Waals surface area contributed by atoms with Crippen LogP contribution < -0.4 is 4.90 Å². The molecular weight excluding hydrogens is 190 g/mol. The Morgan fingerprint density at radius 3 is 2.33 bits per heavy atom. The number of carbonyl (C=O) groups is 1. The minimum absolute atomic E-state index is 0.0958. The number of benzene rings is 1. The van der Waals surface area contributed by atoms with Gasteiger partial charge >= 0.3 is 5.97 Å². The van der Waals surface area contributed by atoms with Crippen molar-refractivity contribution in [3.63, 3.8) is 0 Å². The van der Waals surface area contributed by atoms with Crippen molar-refractivity contribution >= 4 is 11.7 Å². The monoisotopic (exact) mass is 203 g/mol. The van der Waals surface area contributed by atoms with Gasteiger partial charge in [0, 0.05) is 18.8 Å². The lowest BCUT2D eigenvalue weighted by Crippen LogP contribution is -2.18. The molecule has 0 atom stereocenters. The van der Waals surface area contributed by atoms with Crippen molar-refractivity contribution < 1.29 is 9.90 Å². The fourth-order valence-corrected chi connectivity index (χ4v) is 1.69. The summed E-state index contributed by atoms with van der Waals surface area (Å²) in [6, 6.07) is 7.71. The highest BCUT2D eigenvalue weighted by Crippen LogP contribution is 2.17. The molecule has 0 spiro atoms. The van der Waals surface area contributed by atoms with Crippen LogP contribution in [0.1, 0.15) is 5.56 Å². The van der Waals surface area contributed by atoms with Crippen molar-refractivity contribution in [1.82, 2.24) is 0 Å². The van der Waals surface area contributed by atoms with Crippen molar-refractivity contribution in [3.8, 4) is 0 Å². The van der Waals surface area contributed by atoms with Crippen LogP contribution in [0.5, 0.6) is 0 Å². The molecule has 2 rings (SSSR count). The van der Waals surface area contributed by atoms with Gasteiger partial charge in [-0.3, -0.25) is 4.79 Å². The van der Waals surface area contributed by atoms with Crippen LogP contribution in [0.25, 0.3) is 0 Å². The highest BCUT2D eigenvalue weighted by atomic mass is 16.4. The van der Waals surface area contributed by atoms with Crippen molar-refractivity contribution in [3.05, 3.63) is 42.0 Å². The molecule has 0 bridgehead atoms. The average molecular weight is 203 g/mol.